The highest BCUT2D eigenvalue weighted by Gasteiger charge is 2.23. The van der Waals surface area contributed by atoms with Gasteiger partial charge in [0.1, 0.15) is 5.82 Å². The summed E-state index contributed by atoms with van der Waals surface area (Å²) in [7, 11) is 0. The fourth-order valence-corrected chi connectivity index (χ4v) is 2.06. The monoisotopic (exact) mass is 224 g/mol. The zero-order chi connectivity index (χ0) is 11.8. The minimum atomic E-state index is -0.256. The number of aromatic amines is 1. The molecule has 2 heterocycles. The molecule has 1 fully saturated rings. The van der Waals surface area contributed by atoms with Crippen LogP contribution in [0.15, 0.2) is 4.79 Å². The molecule has 1 saturated heterocycles. The SMILES string of the molecule is CC(C)(C)n1nc(C2CCCNC2)[nH]c1=O. The first-order valence-corrected chi connectivity index (χ1v) is 5.89. The molecular formula is C11H20N4O. The molecule has 1 aliphatic rings. The van der Waals surface area contributed by atoms with E-state index in [-0.39, 0.29) is 11.2 Å². The summed E-state index contributed by atoms with van der Waals surface area (Å²) in [6, 6.07) is 0. The Morgan fingerprint density at radius 2 is 2.19 bits per heavy atom. The summed E-state index contributed by atoms with van der Waals surface area (Å²) in [6.07, 6.45) is 2.25. The molecule has 1 unspecified atom stereocenters. The quantitative estimate of drug-likeness (QED) is 0.741. The van der Waals surface area contributed by atoms with Gasteiger partial charge in [0, 0.05) is 12.5 Å². The maximum atomic E-state index is 11.8. The highest BCUT2D eigenvalue weighted by molar-refractivity contribution is 4.98. The van der Waals surface area contributed by atoms with Gasteiger partial charge in [-0.25, -0.2) is 9.48 Å². The van der Waals surface area contributed by atoms with Crippen molar-refractivity contribution in [2.45, 2.75) is 45.1 Å². The van der Waals surface area contributed by atoms with Gasteiger partial charge < -0.3 is 5.32 Å². The van der Waals surface area contributed by atoms with Crippen LogP contribution in [0.2, 0.25) is 0 Å². The maximum Gasteiger partial charge on any atom is 0.343 e. The van der Waals surface area contributed by atoms with E-state index in [9.17, 15) is 4.79 Å². The highest BCUT2D eigenvalue weighted by atomic mass is 16.2. The molecule has 0 amide bonds. The van der Waals surface area contributed by atoms with Crippen LogP contribution < -0.4 is 11.0 Å². The van der Waals surface area contributed by atoms with Gasteiger partial charge in [-0.1, -0.05) is 0 Å². The lowest BCUT2D eigenvalue weighted by molar-refractivity contribution is 0.338. The summed E-state index contributed by atoms with van der Waals surface area (Å²) in [5, 5.41) is 7.74. The van der Waals surface area contributed by atoms with Gasteiger partial charge in [0.15, 0.2) is 0 Å². The van der Waals surface area contributed by atoms with Crippen LogP contribution in [0.3, 0.4) is 0 Å². The van der Waals surface area contributed by atoms with E-state index in [1.807, 2.05) is 20.8 Å². The van der Waals surface area contributed by atoms with E-state index in [0.717, 1.165) is 31.8 Å². The van der Waals surface area contributed by atoms with Gasteiger partial charge in [-0.2, -0.15) is 5.10 Å². The van der Waals surface area contributed by atoms with Crippen molar-refractivity contribution in [1.29, 1.82) is 0 Å². The van der Waals surface area contributed by atoms with E-state index in [0.29, 0.717) is 5.92 Å². The zero-order valence-electron chi connectivity index (χ0n) is 10.2. The molecule has 0 saturated carbocycles. The van der Waals surface area contributed by atoms with Crippen molar-refractivity contribution in [3.8, 4) is 0 Å². The van der Waals surface area contributed by atoms with Crippen LogP contribution in [0.4, 0.5) is 0 Å². The van der Waals surface area contributed by atoms with Crippen molar-refractivity contribution >= 4 is 0 Å². The molecule has 0 spiro atoms. The molecule has 2 rings (SSSR count). The van der Waals surface area contributed by atoms with Gasteiger partial charge in [-0.05, 0) is 40.2 Å². The van der Waals surface area contributed by atoms with E-state index >= 15 is 0 Å². The average molecular weight is 224 g/mol. The first-order chi connectivity index (χ1) is 7.48. The lowest BCUT2D eigenvalue weighted by Gasteiger charge is -2.21. The second kappa shape index (κ2) is 4.05. The number of aromatic nitrogens is 3. The predicted molar refractivity (Wildman–Crippen MR) is 62.7 cm³/mol. The van der Waals surface area contributed by atoms with Crippen molar-refractivity contribution in [3.05, 3.63) is 16.3 Å². The van der Waals surface area contributed by atoms with Crippen molar-refractivity contribution in [3.63, 3.8) is 0 Å². The Morgan fingerprint density at radius 3 is 2.69 bits per heavy atom. The van der Waals surface area contributed by atoms with Crippen LogP contribution >= 0.6 is 0 Å². The third kappa shape index (κ3) is 2.19. The number of piperidine rings is 1. The van der Waals surface area contributed by atoms with E-state index in [1.165, 1.54) is 4.68 Å². The fourth-order valence-electron chi connectivity index (χ4n) is 2.06. The largest absolute Gasteiger partial charge is 0.343 e. The molecule has 2 N–H and O–H groups in total. The summed E-state index contributed by atoms with van der Waals surface area (Å²) in [4.78, 5) is 14.6. The number of hydrogen-bond donors (Lipinski definition) is 2. The van der Waals surface area contributed by atoms with Gasteiger partial charge in [0.25, 0.3) is 0 Å². The number of rotatable bonds is 1. The van der Waals surface area contributed by atoms with Crippen LogP contribution in [0.1, 0.15) is 45.4 Å². The summed E-state index contributed by atoms with van der Waals surface area (Å²) in [5.41, 5.74) is -0.360. The van der Waals surface area contributed by atoms with Gasteiger partial charge in [0.05, 0.1) is 5.54 Å². The summed E-state index contributed by atoms with van der Waals surface area (Å²) in [6.45, 7) is 7.94. The molecule has 0 aromatic carbocycles. The Hall–Kier alpha value is -1.10. The smallest absolute Gasteiger partial charge is 0.316 e. The molecule has 5 heteroatoms. The first-order valence-electron chi connectivity index (χ1n) is 5.89. The third-order valence-corrected chi connectivity index (χ3v) is 2.95. The van der Waals surface area contributed by atoms with E-state index in [1.54, 1.807) is 0 Å². The van der Waals surface area contributed by atoms with Gasteiger partial charge in [0.2, 0.25) is 0 Å². The Kier molecular flexibility index (Phi) is 2.88. The van der Waals surface area contributed by atoms with Crippen LogP contribution in [0.25, 0.3) is 0 Å². The van der Waals surface area contributed by atoms with Crippen LogP contribution in [0.5, 0.6) is 0 Å². The average Bonchev–Trinajstić information content (AvgIpc) is 2.61. The van der Waals surface area contributed by atoms with E-state index in [4.69, 9.17) is 0 Å². The number of nitrogens with zero attached hydrogens (tertiary/aromatic N) is 2. The molecule has 1 aromatic rings. The van der Waals surface area contributed by atoms with Gasteiger partial charge in [-0.3, -0.25) is 4.98 Å². The molecule has 16 heavy (non-hydrogen) atoms. The Labute approximate surface area is 95.2 Å². The first kappa shape index (κ1) is 11.4. The summed E-state index contributed by atoms with van der Waals surface area (Å²) >= 11 is 0. The molecule has 1 aliphatic heterocycles. The zero-order valence-corrected chi connectivity index (χ0v) is 10.2. The molecule has 90 valence electrons. The summed E-state index contributed by atoms with van der Waals surface area (Å²) in [5.74, 6) is 1.18. The standard InChI is InChI=1S/C11H20N4O/c1-11(2,3)15-10(16)13-9(14-15)8-5-4-6-12-7-8/h8,12H,4-7H2,1-3H3,(H,13,14,16). The third-order valence-electron chi connectivity index (χ3n) is 2.95. The molecule has 0 radical (unpaired) electrons. The Balaban J connectivity index is 2.26. The molecule has 5 nitrogen and oxygen atoms in total. The van der Waals surface area contributed by atoms with Crippen molar-refractivity contribution < 1.29 is 0 Å². The minimum Gasteiger partial charge on any atom is -0.316 e. The Morgan fingerprint density at radius 1 is 1.44 bits per heavy atom. The number of hydrogen-bond acceptors (Lipinski definition) is 3. The second-order valence-electron chi connectivity index (χ2n) is 5.44. The van der Waals surface area contributed by atoms with Gasteiger partial charge >= 0.3 is 5.69 Å². The fraction of sp³-hybridized carbons (Fsp3) is 0.818. The lowest BCUT2D eigenvalue weighted by atomic mass is 9.99. The molecule has 1 aromatic heterocycles. The molecule has 0 bridgehead atoms. The van der Waals surface area contributed by atoms with Crippen LogP contribution in [-0.2, 0) is 5.54 Å². The summed E-state index contributed by atoms with van der Waals surface area (Å²) < 4.78 is 1.54. The van der Waals surface area contributed by atoms with Gasteiger partial charge in [-0.15, -0.1) is 0 Å². The van der Waals surface area contributed by atoms with E-state index in [2.05, 4.69) is 15.4 Å². The minimum absolute atomic E-state index is 0.104. The normalized spacial score (nSPS) is 22.3. The van der Waals surface area contributed by atoms with Crippen molar-refractivity contribution in [2.24, 2.45) is 0 Å². The number of nitrogens with one attached hydrogen (secondary N) is 2. The lowest BCUT2D eigenvalue weighted by Crippen LogP contribution is -2.33. The highest BCUT2D eigenvalue weighted by Crippen LogP contribution is 2.19. The van der Waals surface area contributed by atoms with Crippen LogP contribution in [0, 0.1) is 0 Å². The van der Waals surface area contributed by atoms with Crippen LogP contribution in [-0.4, -0.2) is 27.9 Å². The second-order valence-corrected chi connectivity index (χ2v) is 5.44. The van der Waals surface area contributed by atoms with Crippen molar-refractivity contribution in [2.75, 3.05) is 13.1 Å². The van der Waals surface area contributed by atoms with E-state index < -0.39 is 0 Å². The Bertz CT molecular complexity index is 406. The topological polar surface area (TPSA) is 62.7 Å². The number of H-pyrrole nitrogens is 1. The molecule has 1 atom stereocenters. The predicted octanol–water partition coefficient (Wildman–Crippen LogP) is 0.793. The van der Waals surface area contributed by atoms with Crippen molar-refractivity contribution in [1.82, 2.24) is 20.1 Å². The molecular weight excluding hydrogens is 204 g/mol. The molecule has 0 aliphatic carbocycles. The maximum absolute atomic E-state index is 11.8.